The van der Waals surface area contributed by atoms with Gasteiger partial charge >= 0.3 is 0 Å². The molecule has 0 amide bonds. The van der Waals surface area contributed by atoms with Gasteiger partial charge in [0, 0.05) is 41.2 Å². The maximum atomic E-state index is 4.60. The van der Waals surface area contributed by atoms with Crippen molar-refractivity contribution >= 4 is 41.0 Å². The Morgan fingerprint density at radius 2 is 1.80 bits per heavy atom. The summed E-state index contributed by atoms with van der Waals surface area (Å²) < 4.78 is 0. The molecule has 0 bridgehead atoms. The smallest absolute Gasteiger partial charge is 0.195 e. The number of fused-ring (bicyclic) bond motifs is 1. The number of hydrogen-bond donors (Lipinski definition) is 1. The van der Waals surface area contributed by atoms with Crippen LogP contribution in [0.4, 0.5) is 0 Å². The number of nitrogens with one attached hydrogen (secondary N) is 1. The quantitative estimate of drug-likeness (QED) is 0.499. The molecule has 0 saturated heterocycles. The van der Waals surface area contributed by atoms with Crippen LogP contribution in [-0.2, 0) is 6.42 Å². The van der Waals surface area contributed by atoms with Crippen molar-refractivity contribution in [3.05, 3.63) is 30.1 Å². The van der Waals surface area contributed by atoms with Crippen LogP contribution in [0.25, 0.3) is 11.0 Å². The first kappa shape index (κ1) is 16.7. The van der Waals surface area contributed by atoms with Gasteiger partial charge in [-0.3, -0.25) is 4.99 Å². The zero-order valence-corrected chi connectivity index (χ0v) is 14.8. The summed E-state index contributed by atoms with van der Waals surface area (Å²) in [6.45, 7) is 0.728. The fraction of sp³-hybridized carbons (Fsp3) is 0.429. The molecular weight excluding hydrogens is 365 g/mol. The highest BCUT2D eigenvalue weighted by atomic mass is 127. The summed E-state index contributed by atoms with van der Waals surface area (Å²) in [5, 5.41) is 0. The zero-order chi connectivity index (χ0) is 13.8. The summed E-state index contributed by atoms with van der Waals surface area (Å²) >= 11 is 0. The van der Waals surface area contributed by atoms with Crippen molar-refractivity contribution in [2.45, 2.75) is 6.42 Å². The molecule has 20 heavy (non-hydrogen) atoms. The largest absolute Gasteiger partial charge is 0.349 e. The van der Waals surface area contributed by atoms with Gasteiger partial charge in [-0.1, -0.05) is 12.1 Å². The van der Waals surface area contributed by atoms with Crippen LogP contribution in [0.15, 0.2) is 29.3 Å². The van der Waals surface area contributed by atoms with E-state index in [0.717, 1.165) is 35.8 Å². The molecule has 2 aromatic rings. The molecule has 5 nitrogen and oxygen atoms in total. The summed E-state index contributed by atoms with van der Waals surface area (Å²) in [6, 6.07) is 8.07. The third-order valence-corrected chi connectivity index (χ3v) is 2.84. The first-order valence-electron chi connectivity index (χ1n) is 6.40. The summed E-state index contributed by atoms with van der Waals surface area (Å²) in [5.74, 6) is 1.96. The molecule has 6 heteroatoms. The van der Waals surface area contributed by atoms with Crippen LogP contribution in [0.1, 0.15) is 5.82 Å². The summed E-state index contributed by atoms with van der Waals surface area (Å²) in [5.41, 5.74) is 2.10. The molecule has 0 aliphatic heterocycles. The Morgan fingerprint density at radius 3 is 2.40 bits per heavy atom. The van der Waals surface area contributed by atoms with Crippen molar-refractivity contribution in [1.29, 1.82) is 0 Å². The van der Waals surface area contributed by atoms with Crippen LogP contribution >= 0.6 is 24.0 Å². The average Bonchev–Trinajstić information content (AvgIpc) is 2.76. The van der Waals surface area contributed by atoms with Crippen LogP contribution in [0.5, 0.6) is 0 Å². The fourth-order valence-electron chi connectivity index (χ4n) is 2.07. The van der Waals surface area contributed by atoms with E-state index in [2.05, 4.69) is 15.0 Å². The van der Waals surface area contributed by atoms with E-state index in [1.165, 1.54) is 0 Å². The maximum absolute atomic E-state index is 4.60. The lowest BCUT2D eigenvalue weighted by atomic mass is 10.3. The van der Waals surface area contributed by atoms with E-state index in [-0.39, 0.29) is 24.0 Å². The van der Waals surface area contributed by atoms with E-state index >= 15 is 0 Å². The van der Waals surface area contributed by atoms with E-state index in [1.807, 2.05) is 62.3 Å². The Hall–Kier alpha value is -1.31. The lowest BCUT2D eigenvalue weighted by Crippen LogP contribution is -2.35. The van der Waals surface area contributed by atoms with Gasteiger partial charge in [-0.2, -0.15) is 0 Å². The van der Waals surface area contributed by atoms with Gasteiger partial charge < -0.3 is 14.8 Å². The van der Waals surface area contributed by atoms with Gasteiger partial charge in [-0.05, 0) is 12.1 Å². The second-order valence-electron chi connectivity index (χ2n) is 4.92. The molecule has 0 atom stereocenters. The number of nitrogens with zero attached hydrogens (tertiary/aromatic N) is 4. The molecule has 0 spiro atoms. The molecule has 0 radical (unpaired) electrons. The molecule has 0 fully saturated rings. The Balaban J connectivity index is 0.00000200. The maximum Gasteiger partial charge on any atom is 0.195 e. The van der Waals surface area contributed by atoms with Gasteiger partial charge in [0.25, 0.3) is 0 Å². The molecule has 0 aliphatic carbocycles. The Labute approximate surface area is 137 Å². The summed E-state index contributed by atoms with van der Waals surface area (Å²) in [6.07, 6.45) is 0.819. The SMILES string of the molecule is CN(C)C(=NCCc1nc2ccccc2[nH]1)N(C)C.I. The van der Waals surface area contributed by atoms with Crippen LogP contribution in [-0.4, -0.2) is 60.5 Å². The lowest BCUT2D eigenvalue weighted by molar-refractivity contribution is 0.479. The molecule has 0 unspecified atom stereocenters. The number of benzene rings is 1. The van der Waals surface area contributed by atoms with Gasteiger partial charge in [0.2, 0.25) is 0 Å². The van der Waals surface area contributed by atoms with E-state index < -0.39 is 0 Å². The third kappa shape index (κ3) is 4.09. The first-order valence-corrected chi connectivity index (χ1v) is 6.40. The van der Waals surface area contributed by atoms with Crippen molar-refractivity contribution in [2.75, 3.05) is 34.7 Å². The summed E-state index contributed by atoms with van der Waals surface area (Å²) in [7, 11) is 8.00. The molecule has 2 rings (SSSR count). The van der Waals surface area contributed by atoms with Crippen LogP contribution in [0.2, 0.25) is 0 Å². The number of imidazole rings is 1. The highest BCUT2D eigenvalue weighted by molar-refractivity contribution is 14.0. The average molecular weight is 387 g/mol. The predicted octanol–water partition coefficient (Wildman–Crippen LogP) is 2.20. The number of rotatable bonds is 3. The van der Waals surface area contributed by atoms with Gasteiger partial charge in [-0.25, -0.2) is 4.98 Å². The zero-order valence-electron chi connectivity index (χ0n) is 12.4. The van der Waals surface area contributed by atoms with Crippen LogP contribution in [0, 0.1) is 0 Å². The number of aliphatic imine (C=N–C) groups is 1. The highest BCUT2D eigenvalue weighted by Gasteiger charge is 2.05. The Kier molecular flexibility index (Phi) is 6.25. The molecule has 1 heterocycles. The normalized spacial score (nSPS) is 10.0. The molecule has 110 valence electrons. The molecular formula is C14H22IN5. The van der Waals surface area contributed by atoms with Crippen LogP contribution < -0.4 is 0 Å². The van der Waals surface area contributed by atoms with Crippen molar-refractivity contribution in [3.8, 4) is 0 Å². The van der Waals surface area contributed by atoms with E-state index in [4.69, 9.17) is 0 Å². The van der Waals surface area contributed by atoms with Crippen molar-refractivity contribution in [1.82, 2.24) is 19.8 Å². The van der Waals surface area contributed by atoms with Crippen LogP contribution in [0.3, 0.4) is 0 Å². The van der Waals surface area contributed by atoms with Crippen molar-refractivity contribution in [3.63, 3.8) is 0 Å². The van der Waals surface area contributed by atoms with Gasteiger partial charge in [0.15, 0.2) is 5.96 Å². The Morgan fingerprint density at radius 1 is 1.15 bits per heavy atom. The number of para-hydroxylation sites is 2. The number of hydrogen-bond acceptors (Lipinski definition) is 2. The minimum atomic E-state index is 0. The minimum absolute atomic E-state index is 0. The second kappa shape index (κ2) is 7.47. The number of H-pyrrole nitrogens is 1. The molecule has 0 saturated carbocycles. The monoisotopic (exact) mass is 387 g/mol. The topological polar surface area (TPSA) is 47.5 Å². The van der Waals surface area contributed by atoms with Gasteiger partial charge in [-0.15, -0.1) is 24.0 Å². The summed E-state index contributed by atoms with van der Waals surface area (Å²) in [4.78, 5) is 16.5. The number of aromatic amines is 1. The molecule has 1 N–H and O–H groups in total. The van der Waals surface area contributed by atoms with Crippen molar-refractivity contribution < 1.29 is 0 Å². The Bertz CT molecular complexity index is 531. The van der Waals surface area contributed by atoms with Gasteiger partial charge in [0.05, 0.1) is 11.0 Å². The van der Waals surface area contributed by atoms with E-state index in [0.29, 0.717) is 0 Å². The fourth-order valence-corrected chi connectivity index (χ4v) is 2.07. The van der Waals surface area contributed by atoms with E-state index in [9.17, 15) is 0 Å². The minimum Gasteiger partial charge on any atom is -0.349 e. The molecule has 0 aliphatic rings. The second-order valence-corrected chi connectivity index (χ2v) is 4.92. The predicted molar refractivity (Wildman–Crippen MR) is 94.9 cm³/mol. The molecule has 1 aromatic carbocycles. The first-order chi connectivity index (χ1) is 9.08. The molecule has 1 aromatic heterocycles. The number of halogens is 1. The standard InChI is InChI=1S/C14H21N5.HI/c1-18(2)14(19(3)4)15-10-9-13-16-11-7-5-6-8-12(11)17-13;/h5-8H,9-10H2,1-4H3,(H,16,17);1H. The third-order valence-electron chi connectivity index (χ3n) is 2.84. The van der Waals surface area contributed by atoms with Gasteiger partial charge in [0.1, 0.15) is 5.82 Å². The van der Waals surface area contributed by atoms with Crippen molar-refractivity contribution in [2.24, 2.45) is 4.99 Å². The number of aromatic nitrogens is 2. The lowest BCUT2D eigenvalue weighted by Gasteiger charge is -2.22. The highest BCUT2D eigenvalue weighted by Crippen LogP contribution is 2.10. The number of guanidine groups is 1. The van der Waals surface area contributed by atoms with E-state index in [1.54, 1.807) is 0 Å².